The number of hydrogen-bond acceptors (Lipinski definition) is 4. The molecule has 0 bridgehead atoms. The van der Waals surface area contributed by atoms with E-state index in [0.29, 0.717) is 6.54 Å². The molecule has 1 aliphatic carbocycles. The van der Waals surface area contributed by atoms with Crippen LogP contribution in [0.25, 0.3) is 0 Å². The highest BCUT2D eigenvalue weighted by molar-refractivity contribution is 7.88. The van der Waals surface area contributed by atoms with Crippen LogP contribution in [0.3, 0.4) is 0 Å². The molecule has 0 radical (unpaired) electrons. The maximum atomic E-state index is 12.0. The third-order valence-corrected chi connectivity index (χ3v) is 4.51. The van der Waals surface area contributed by atoms with E-state index in [-0.39, 0.29) is 35.7 Å². The van der Waals surface area contributed by atoms with E-state index in [4.69, 9.17) is 5.73 Å². The van der Waals surface area contributed by atoms with E-state index < -0.39 is 16.1 Å². The Morgan fingerprint density at radius 1 is 1.33 bits per heavy atom. The molecule has 1 fully saturated rings. The number of sulfonamides is 1. The number of carbonyl (C=O) groups excluding carboxylic acids is 1. The molecule has 1 rings (SSSR count). The van der Waals surface area contributed by atoms with Gasteiger partial charge in [-0.2, -0.15) is 0 Å². The molecule has 1 amide bonds. The molecule has 21 heavy (non-hydrogen) atoms. The summed E-state index contributed by atoms with van der Waals surface area (Å²) in [7, 11) is -3.21. The van der Waals surface area contributed by atoms with E-state index in [2.05, 4.69) is 10.0 Å². The minimum atomic E-state index is -3.21. The van der Waals surface area contributed by atoms with Gasteiger partial charge >= 0.3 is 0 Å². The molecule has 0 saturated heterocycles. The SMILES string of the molecule is CC(C)(C)[C@H](N)C(=O)NCC1CCCC1NS(C)(=O)=O.Cl. The van der Waals surface area contributed by atoms with Crippen molar-refractivity contribution in [3.8, 4) is 0 Å². The lowest BCUT2D eigenvalue weighted by atomic mass is 9.87. The molecule has 4 N–H and O–H groups in total. The maximum Gasteiger partial charge on any atom is 0.237 e. The van der Waals surface area contributed by atoms with Gasteiger partial charge in [-0.3, -0.25) is 4.79 Å². The molecular formula is C13H28ClN3O3S. The smallest absolute Gasteiger partial charge is 0.237 e. The summed E-state index contributed by atoms with van der Waals surface area (Å²) in [6, 6.07) is -0.651. The Morgan fingerprint density at radius 2 is 1.90 bits per heavy atom. The molecule has 6 nitrogen and oxygen atoms in total. The molecular weight excluding hydrogens is 314 g/mol. The lowest BCUT2D eigenvalue weighted by molar-refractivity contribution is -0.124. The van der Waals surface area contributed by atoms with Crippen LogP contribution in [0.2, 0.25) is 0 Å². The zero-order valence-electron chi connectivity index (χ0n) is 13.2. The van der Waals surface area contributed by atoms with Gasteiger partial charge in [0.1, 0.15) is 0 Å². The van der Waals surface area contributed by atoms with Crippen molar-refractivity contribution in [3.05, 3.63) is 0 Å². The maximum absolute atomic E-state index is 12.0. The summed E-state index contributed by atoms with van der Waals surface area (Å²) in [5, 5.41) is 2.85. The molecule has 1 aliphatic rings. The zero-order chi connectivity index (χ0) is 15.6. The Labute approximate surface area is 134 Å². The molecule has 126 valence electrons. The van der Waals surface area contributed by atoms with E-state index in [1.807, 2.05) is 20.8 Å². The standard InChI is InChI=1S/C13H27N3O3S.ClH/c1-13(2,3)11(14)12(17)15-8-9-6-5-7-10(9)16-20(4,18)19;/h9-11,16H,5-8,14H2,1-4H3,(H,15,17);1H/t9?,10?,11-;/m1./s1. The van der Waals surface area contributed by atoms with Gasteiger partial charge in [0.15, 0.2) is 0 Å². The van der Waals surface area contributed by atoms with Crippen molar-refractivity contribution in [1.29, 1.82) is 0 Å². The fourth-order valence-corrected chi connectivity index (χ4v) is 3.31. The topological polar surface area (TPSA) is 101 Å². The van der Waals surface area contributed by atoms with Crippen molar-refractivity contribution in [2.45, 2.75) is 52.1 Å². The normalized spacial score (nSPS) is 24.2. The molecule has 0 spiro atoms. The third kappa shape index (κ3) is 6.95. The van der Waals surface area contributed by atoms with Crippen molar-refractivity contribution >= 4 is 28.3 Å². The van der Waals surface area contributed by atoms with Gasteiger partial charge < -0.3 is 11.1 Å². The second-order valence-electron chi connectivity index (χ2n) is 6.78. The first-order chi connectivity index (χ1) is 9.00. The van der Waals surface area contributed by atoms with Crippen molar-refractivity contribution in [3.63, 3.8) is 0 Å². The minimum Gasteiger partial charge on any atom is -0.354 e. The predicted molar refractivity (Wildman–Crippen MR) is 86.8 cm³/mol. The number of carbonyl (C=O) groups is 1. The number of amides is 1. The first-order valence-corrected chi connectivity index (χ1v) is 8.90. The molecule has 2 unspecified atom stereocenters. The van der Waals surface area contributed by atoms with E-state index >= 15 is 0 Å². The summed E-state index contributed by atoms with van der Waals surface area (Å²) in [6.45, 7) is 6.22. The van der Waals surface area contributed by atoms with E-state index in [1.54, 1.807) is 0 Å². The highest BCUT2D eigenvalue weighted by Crippen LogP contribution is 2.25. The van der Waals surface area contributed by atoms with E-state index in [1.165, 1.54) is 0 Å². The Hall–Kier alpha value is -0.370. The summed E-state index contributed by atoms with van der Waals surface area (Å²) in [4.78, 5) is 12.0. The average molecular weight is 342 g/mol. The summed E-state index contributed by atoms with van der Waals surface area (Å²) in [6.07, 6.45) is 3.87. The number of halogens is 1. The second kappa shape index (κ2) is 7.76. The van der Waals surface area contributed by atoms with Crippen molar-refractivity contribution in [2.24, 2.45) is 17.1 Å². The highest BCUT2D eigenvalue weighted by atomic mass is 35.5. The van der Waals surface area contributed by atoms with Crippen LogP contribution >= 0.6 is 12.4 Å². The Balaban J connectivity index is 0.00000400. The van der Waals surface area contributed by atoms with Crippen LogP contribution in [0.15, 0.2) is 0 Å². The highest BCUT2D eigenvalue weighted by Gasteiger charge is 2.32. The quantitative estimate of drug-likeness (QED) is 0.682. The summed E-state index contributed by atoms with van der Waals surface area (Å²) < 4.78 is 25.2. The summed E-state index contributed by atoms with van der Waals surface area (Å²) >= 11 is 0. The number of nitrogens with one attached hydrogen (secondary N) is 2. The lowest BCUT2D eigenvalue weighted by Gasteiger charge is -2.27. The van der Waals surface area contributed by atoms with Crippen LogP contribution < -0.4 is 15.8 Å². The Kier molecular flexibility index (Phi) is 7.62. The molecule has 0 aromatic rings. The Bertz CT molecular complexity index is 448. The number of hydrogen-bond donors (Lipinski definition) is 3. The second-order valence-corrected chi connectivity index (χ2v) is 8.56. The summed E-state index contributed by atoms with van der Waals surface area (Å²) in [5.41, 5.74) is 5.60. The van der Waals surface area contributed by atoms with Crippen LogP contribution in [-0.2, 0) is 14.8 Å². The number of nitrogens with two attached hydrogens (primary N) is 1. The zero-order valence-corrected chi connectivity index (χ0v) is 14.8. The van der Waals surface area contributed by atoms with Crippen LogP contribution in [0.5, 0.6) is 0 Å². The van der Waals surface area contributed by atoms with Gasteiger partial charge in [0.05, 0.1) is 12.3 Å². The van der Waals surface area contributed by atoms with Gasteiger partial charge in [-0.1, -0.05) is 27.2 Å². The molecule has 0 aromatic heterocycles. The van der Waals surface area contributed by atoms with Gasteiger partial charge in [0.25, 0.3) is 0 Å². The third-order valence-electron chi connectivity index (χ3n) is 3.78. The monoisotopic (exact) mass is 341 g/mol. The van der Waals surface area contributed by atoms with Gasteiger partial charge in [-0.15, -0.1) is 12.4 Å². The van der Waals surface area contributed by atoms with Crippen LogP contribution in [0.1, 0.15) is 40.0 Å². The summed E-state index contributed by atoms with van der Waals surface area (Å²) in [5.74, 6) is -0.0386. The lowest BCUT2D eigenvalue weighted by Crippen LogP contribution is -2.50. The van der Waals surface area contributed by atoms with Gasteiger partial charge in [0.2, 0.25) is 15.9 Å². The van der Waals surface area contributed by atoms with E-state index in [9.17, 15) is 13.2 Å². The average Bonchev–Trinajstić information content (AvgIpc) is 2.68. The Morgan fingerprint density at radius 3 is 2.38 bits per heavy atom. The molecule has 1 saturated carbocycles. The van der Waals surface area contributed by atoms with Crippen LogP contribution in [0.4, 0.5) is 0 Å². The van der Waals surface area contributed by atoms with Gasteiger partial charge in [0, 0.05) is 12.6 Å². The molecule has 0 aliphatic heterocycles. The first kappa shape index (κ1) is 20.6. The molecule has 0 aromatic carbocycles. The largest absolute Gasteiger partial charge is 0.354 e. The molecule has 8 heteroatoms. The minimum absolute atomic E-state index is 0. The fraction of sp³-hybridized carbons (Fsp3) is 0.923. The van der Waals surface area contributed by atoms with Gasteiger partial charge in [-0.25, -0.2) is 13.1 Å². The fourth-order valence-electron chi connectivity index (χ4n) is 2.45. The first-order valence-electron chi connectivity index (χ1n) is 7.01. The van der Waals surface area contributed by atoms with Crippen molar-refractivity contribution < 1.29 is 13.2 Å². The van der Waals surface area contributed by atoms with Crippen LogP contribution in [-0.4, -0.2) is 39.2 Å². The van der Waals surface area contributed by atoms with Gasteiger partial charge in [-0.05, 0) is 24.2 Å². The van der Waals surface area contributed by atoms with Crippen LogP contribution in [0, 0.1) is 11.3 Å². The molecule has 3 atom stereocenters. The van der Waals surface area contributed by atoms with Crippen molar-refractivity contribution in [2.75, 3.05) is 12.8 Å². The number of rotatable bonds is 5. The van der Waals surface area contributed by atoms with E-state index in [0.717, 1.165) is 25.5 Å². The molecule has 0 heterocycles. The van der Waals surface area contributed by atoms with Crippen molar-refractivity contribution in [1.82, 2.24) is 10.0 Å². The predicted octanol–water partition coefficient (Wildman–Crippen LogP) is 0.616.